The van der Waals surface area contributed by atoms with Gasteiger partial charge in [-0.1, -0.05) is 44.8 Å². The van der Waals surface area contributed by atoms with Gasteiger partial charge < -0.3 is 0 Å². The molecular weight excluding hydrogens is 148 g/mol. The van der Waals surface area contributed by atoms with Gasteiger partial charge in [0.05, 0.1) is 6.61 Å². The molecule has 0 heterocycles. The predicted octanol–water partition coefficient (Wildman–Crippen LogP) is 3.72. The summed E-state index contributed by atoms with van der Waals surface area (Å²) in [5.74, 6) is 0. The fourth-order valence-corrected chi connectivity index (χ4v) is 1.17. The van der Waals surface area contributed by atoms with Gasteiger partial charge in [-0.25, -0.2) is 5.11 Å². The second kappa shape index (κ2) is 10.7. The van der Waals surface area contributed by atoms with Crippen molar-refractivity contribution < 1.29 is 5.11 Å². The van der Waals surface area contributed by atoms with Gasteiger partial charge in [0.2, 0.25) is 0 Å². The summed E-state index contributed by atoms with van der Waals surface area (Å²) in [5.41, 5.74) is 0. The van der Waals surface area contributed by atoms with Crippen LogP contribution in [0, 0.1) is 0 Å². The number of hydrogen-bond donors (Lipinski definition) is 0. The van der Waals surface area contributed by atoms with E-state index in [0.717, 1.165) is 6.42 Å². The van der Waals surface area contributed by atoms with Gasteiger partial charge in [0.1, 0.15) is 0 Å². The van der Waals surface area contributed by atoms with E-state index >= 15 is 0 Å². The quantitative estimate of drug-likeness (QED) is 0.390. The first-order chi connectivity index (χ1) is 5.91. The molecule has 1 heteroatoms. The first-order valence-electron chi connectivity index (χ1n) is 5.15. The molecule has 0 fully saturated rings. The highest BCUT2D eigenvalue weighted by Gasteiger charge is 1.85. The zero-order chi connectivity index (χ0) is 9.07. The maximum absolute atomic E-state index is 10.1. The molecule has 1 nitrogen and oxygen atoms in total. The molecule has 0 rings (SSSR count). The lowest BCUT2D eigenvalue weighted by Crippen LogP contribution is -1.77. The van der Waals surface area contributed by atoms with Gasteiger partial charge in [-0.3, -0.25) is 0 Å². The fourth-order valence-electron chi connectivity index (χ4n) is 1.17. The molecule has 0 aliphatic rings. The van der Waals surface area contributed by atoms with E-state index in [9.17, 15) is 5.11 Å². The van der Waals surface area contributed by atoms with Crippen molar-refractivity contribution in [1.82, 2.24) is 0 Å². The van der Waals surface area contributed by atoms with E-state index in [1.807, 2.05) is 6.08 Å². The minimum atomic E-state index is 0.0341. The topological polar surface area (TPSA) is 19.9 Å². The zero-order valence-electron chi connectivity index (χ0n) is 8.22. The van der Waals surface area contributed by atoms with E-state index in [-0.39, 0.29) is 6.61 Å². The molecule has 0 amide bonds. The number of unbranched alkanes of at least 4 members (excludes halogenated alkanes) is 5. The third-order valence-corrected chi connectivity index (χ3v) is 1.93. The zero-order valence-corrected chi connectivity index (χ0v) is 8.22. The van der Waals surface area contributed by atoms with Crippen LogP contribution >= 0.6 is 0 Å². The summed E-state index contributed by atoms with van der Waals surface area (Å²) in [6.45, 7) is 2.26. The molecular formula is C11H21O. The van der Waals surface area contributed by atoms with Crippen molar-refractivity contribution in [2.45, 2.75) is 51.9 Å². The van der Waals surface area contributed by atoms with Crippen LogP contribution in [0.2, 0.25) is 0 Å². The van der Waals surface area contributed by atoms with Gasteiger partial charge in [-0.15, -0.1) is 0 Å². The number of allylic oxidation sites excluding steroid dienone is 1. The Labute approximate surface area is 76.5 Å². The van der Waals surface area contributed by atoms with Crippen molar-refractivity contribution in [3.05, 3.63) is 12.2 Å². The van der Waals surface area contributed by atoms with Gasteiger partial charge in [-0.2, -0.15) is 0 Å². The molecule has 0 saturated carbocycles. The van der Waals surface area contributed by atoms with Crippen LogP contribution in [0.25, 0.3) is 0 Å². The number of rotatable bonds is 8. The Morgan fingerprint density at radius 1 is 0.917 bits per heavy atom. The van der Waals surface area contributed by atoms with Crippen LogP contribution in [-0.2, 0) is 5.11 Å². The first kappa shape index (κ1) is 11.7. The second-order valence-corrected chi connectivity index (χ2v) is 3.17. The van der Waals surface area contributed by atoms with Crippen molar-refractivity contribution in [2.75, 3.05) is 6.61 Å². The lowest BCUT2D eigenvalue weighted by Gasteiger charge is -1.95. The maximum Gasteiger partial charge on any atom is 0.0856 e. The normalized spacial score (nSPS) is 11.2. The number of hydrogen-bond acceptors (Lipinski definition) is 0. The van der Waals surface area contributed by atoms with Gasteiger partial charge in [0.15, 0.2) is 0 Å². The molecule has 0 N–H and O–H groups in total. The monoisotopic (exact) mass is 169 g/mol. The Morgan fingerprint density at radius 2 is 1.58 bits per heavy atom. The van der Waals surface area contributed by atoms with E-state index in [2.05, 4.69) is 13.0 Å². The third kappa shape index (κ3) is 9.70. The van der Waals surface area contributed by atoms with Crippen molar-refractivity contribution in [1.29, 1.82) is 0 Å². The average Bonchev–Trinajstić information content (AvgIpc) is 2.10. The Bertz CT molecular complexity index is 97.2. The summed E-state index contributed by atoms with van der Waals surface area (Å²) in [6.07, 6.45) is 12.7. The summed E-state index contributed by atoms with van der Waals surface area (Å²) in [6, 6.07) is 0. The second-order valence-electron chi connectivity index (χ2n) is 3.17. The van der Waals surface area contributed by atoms with Crippen LogP contribution in [0.3, 0.4) is 0 Å². The predicted molar refractivity (Wildman–Crippen MR) is 52.7 cm³/mol. The molecule has 1 radical (unpaired) electrons. The molecule has 12 heavy (non-hydrogen) atoms. The molecule has 0 aromatic heterocycles. The standard InChI is InChI=1S/C11H21O/c1-2-3-4-5-6-7-8-9-10-11-12/h8-9H,2-7,10-11H2,1H3. The molecule has 0 atom stereocenters. The fraction of sp³-hybridized carbons (Fsp3) is 0.818. The minimum absolute atomic E-state index is 0.0341. The van der Waals surface area contributed by atoms with Crippen LogP contribution < -0.4 is 0 Å². The Kier molecular flexibility index (Phi) is 10.4. The molecule has 0 saturated heterocycles. The highest BCUT2D eigenvalue weighted by atomic mass is 16.2. The van der Waals surface area contributed by atoms with Crippen molar-refractivity contribution >= 4 is 0 Å². The van der Waals surface area contributed by atoms with Crippen LogP contribution in [-0.4, -0.2) is 6.61 Å². The Morgan fingerprint density at radius 3 is 2.25 bits per heavy atom. The summed E-state index contributed by atoms with van der Waals surface area (Å²) in [7, 11) is 0. The van der Waals surface area contributed by atoms with Crippen LogP contribution in [0.4, 0.5) is 0 Å². The average molecular weight is 169 g/mol. The van der Waals surface area contributed by atoms with Gasteiger partial charge in [0, 0.05) is 0 Å². The molecule has 0 aromatic rings. The summed E-state index contributed by atoms with van der Waals surface area (Å²) in [5, 5.41) is 10.1. The molecule has 0 spiro atoms. The van der Waals surface area contributed by atoms with Crippen LogP contribution in [0.5, 0.6) is 0 Å². The van der Waals surface area contributed by atoms with Gasteiger partial charge >= 0.3 is 0 Å². The molecule has 71 valence electrons. The van der Waals surface area contributed by atoms with E-state index in [0.29, 0.717) is 6.42 Å². The van der Waals surface area contributed by atoms with Crippen LogP contribution in [0.15, 0.2) is 12.2 Å². The van der Waals surface area contributed by atoms with Crippen molar-refractivity contribution in [3.63, 3.8) is 0 Å². The van der Waals surface area contributed by atoms with E-state index in [1.54, 1.807) is 0 Å². The third-order valence-electron chi connectivity index (χ3n) is 1.93. The lowest BCUT2D eigenvalue weighted by molar-refractivity contribution is 0.199. The summed E-state index contributed by atoms with van der Waals surface area (Å²) >= 11 is 0. The first-order valence-corrected chi connectivity index (χ1v) is 5.15. The Balaban J connectivity index is 2.90. The summed E-state index contributed by atoms with van der Waals surface area (Å²) < 4.78 is 0. The van der Waals surface area contributed by atoms with Crippen LogP contribution in [0.1, 0.15) is 51.9 Å². The van der Waals surface area contributed by atoms with Gasteiger partial charge in [0.25, 0.3) is 0 Å². The molecule has 0 aliphatic carbocycles. The Hall–Kier alpha value is -0.300. The molecule has 0 unspecified atom stereocenters. The molecule has 0 aromatic carbocycles. The minimum Gasteiger partial charge on any atom is -0.236 e. The van der Waals surface area contributed by atoms with E-state index < -0.39 is 0 Å². The van der Waals surface area contributed by atoms with Gasteiger partial charge in [-0.05, 0) is 19.3 Å². The summed E-state index contributed by atoms with van der Waals surface area (Å²) in [4.78, 5) is 0. The highest BCUT2D eigenvalue weighted by Crippen LogP contribution is 2.05. The maximum atomic E-state index is 10.1. The smallest absolute Gasteiger partial charge is 0.0856 e. The van der Waals surface area contributed by atoms with E-state index in [1.165, 1.54) is 32.1 Å². The lowest BCUT2D eigenvalue weighted by atomic mass is 10.1. The van der Waals surface area contributed by atoms with Crippen molar-refractivity contribution in [3.8, 4) is 0 Å². The largest absolute Gasteiger partial charge is 0.236 e. The molecule has 0 bridgehead atoms. The molecule has 0 aliphatic heterocycles. The van der Waals surface area contributed by atoms with E-state index in [4.69, 9.17) is 0 Å². The SMILES string of the molecule is CCCCCCCC=CCC[O]. The highest BCUT2D eigenvalue weighted by molar-refractivity contribution is 4.80. The van der Waals surface area contributed by atoms with Crippen molar-refractivity contribution in [2.24, 2.45) is 0 Å².